The van der Waals surface area contributed by atoms with Gasteiger partial charge in [-0.25, -0.2) is 8.42 Å². The lowest BCUT2D eigenvalue weighted by Crippen LogP contribution is -2.36. The molecule has 1 N–H and O–H groups in total. The van der Waals surface area contributed by atoms with Gasteiger partial charge in [0.1, 0.15) is 16.8 Å². The van der Waals surface area contributed by atoms with Gasteiger partial charge in [-0.05, 0) is 49.2 Å². The molecule has 0 aliphatic heterocycles. The van der Waals surface area contributed by atoms with E-state index < -0.39 is 15.1 Å². The molecule has 0 radical (unpaired) electrons. The number of carbonyl (C=O) groups is 1. The fourth-order valence-electron chi connectivity index (χ4n) is 3.47. The summed E-state index contributed by atoms with van der Waals surface area (Å²) >= 11 is 0. The molecule has 1 amide bonds. The van der Waals surface area contributed by atoms with Crippen LogP contribution in [-0.4, -0.2) is 28.0 Å². The van der Waals surface area contributed by atoms with Gasteiger partial charge in [0.05, 0.1) is 18.3 Å². The molecule has 0 unspecified atom stereocenters. The van der Waals surface area contributed by atoms with Crippen LogP contribution in [0, 0.1) is 5.92 Å². The largest absolute Gasteiger partial charge is 0.497 e. The first-order chi connectivity index (χ1) is 13.0. The summed E-state index contributed by atoms with van der Waals surface area (Å²) in [5.74, 6) is 0.791. The monoisotopic (exact) mass is 391 g/mol. The van der Waals surface area contributed by atoms with Crippen LogP contribution in [0.25, 0.3) is 0 Å². The number of furan rings is 1. The van der Waals surface area contributed by atoms with Gasteiger partial charge < -0.3 is 14.5 Å². The van der Waals surface area contributed by atoms with Gasteiger partial charge in [-0.15, -0.1) is 0 Å². The Labute approximate surface area is 159 Å². The first-order valence-corrected chi connectivity index (χ1v) is 10.8. The molecule has 1 fully saturated rings. The molecule has 1 aliphatic rings. The predicted octanol–water partition coefficient (Wildman–Crippen LogP) is 3.50. The van der Waals surface area contributed by atoms with E-state index >= 15 is 0 Å². The third kappa shape index (κ3) is 4.53. The summed E-state index contributed by atoms with van der Waals surface area (Å²) in [5, 5.41) is 1.86. The minimum absolute atomic E-state index is 0.0167. The summed E-state index contributed by atoms with van der Waals surface area (Å²) in [7, 11) is -2.22. The van der Waals surface area contributed by atoms with Gasteiger partial charge in [-0.2, -0.15) is 0 Å². The third-order valence-electron chi connectivity index (χ3n) is 5.06. The molecule has 1 saturated carbocycles. The molecule has 3 rings (SSSR count). The van der Waals surface area contributed by atoms with Crippen molar-refractivity contribution in [3.63, 3.8) is 0 Å². The van der Waals surface area contributed by atoms with Crippen molar-refractivity contribution >= 4 is 15.7 Å². The zero-order valence-electron chi connectivity index (χ0n) is 15.4. The van der Waals surface area contributed by atoms with Crippen LogP contribution in [0.4, 0.5) is 0 Å². The predicted molar refractivity (Wildman–Crippen MR) is 101 cm³/mol. The second-order valence-corrected chi connectivity index (χ2v) is 8.94. The average Bonchev–Trinajstić information content (AvgIpc) is 3.23. The number of benzene rings is 1. The fourth-order valence-corrected chi connectivity index (χ4v) is 5.06. The van der Waals surface area contributed by atoms with Gasteiger partial charge in [-0.3, -0.25) is 4.79 Å². The molecule has 6 nitrogen and oxygen atoms in total. The second kappa shape index (κ2) is 8.61. The van der Waals surface area contributed by atoms with Crippen LogP contribution >= 0.6 is 0 Å². The molecule has 0 bridgehead atoms. The third-order valence-corrected chi connectivity index (χ3v) is 7.14. The lowest BCUT2D eigenvalue weighted by molar-refractivity contribution is -0.125. The van der Waals surface area contributed by atoms with Gasteiger partial charge in [0.25, 0.3) is 0 Å². The SMILES string of the molecule is COc1ccc(S(=O)(=O)[C@H](CNC(=O)C2CCCCC2)c2ccco2)cc1. The fraction of sp³-hybridized carbons (Fsp3) is 0.450. The van der Waals surface area contributed by atoms with E-state index in [9.17, 15) is 13.2 Å². The molecule has 2 aromatic rings. The molecule has 27 heavy (non-hydrogen) atoms. The molecule has 146 valence electrons. The van der Waals surface area contributed by atoms with Gasteiger partial charge in [0.15, 0.2) is 9.84 Å². The maximum atomic E-state index is 13.2. The van der Waals surface area contributed by atoms with Crippen LogP contribution in [0.15, 0.2) is 52.0 Å². The van der Waals surface area contributed by atoms with Crippen molar-refractivity contribution in [3.05, 3.63) is 48.4 Å². The summed E-state index contributed by atoms with van der Waals surface area (Å²) < 4.78 is 36.8. The number of hydrogen-bond acceptors (Lipinski definition) is 5. The van der Waals surface area contributed by atoms with Crippen molar-refractivity contribution in [1.29, 1.82) is 0 Å². The minimum atomic E-state index is -3.74. The Balaban J connectivity index is 1.79. The summed E-state index contributed by atoms with van der Waals surface area (Å²) in [6.45, 7) is -0.0167. The number of methoxy groups -OCH3 is 1. The van der Waals surface area contributed by atoms with Crippen LogP contribution in [0.3, 0.4) is 0 Å². The number of ether oxygens (including phenoxy) is 1. The van der Waals surface area contributed by atoms with Crippen LogP contribution in [0.2, 0.25) is 0 Å². The smallest absolute Gasteiger partial charge is 0.223 e. The molecule has 1 atom stereocenters. The summed E-state index contributed by atoms with van der Waals surface area (Å²) in [4.78, 5) is 12.6. The number of hydrogen-bond donors (Lipinski definition) is 1. The van der Waals surface area contributed by atoms with Crippen LogP contribution in [0.5, 0.6) is 5.75 Å². The summed E-state index contributed by atoms with van der Waals surface area (Å²) in [5.41, 5.74) is 0. The van der Waals surface area contributed by atoms with E-state index in [1.165, 1.54) is 25.5 Å². The van der Waals surface area contributed by atoms with Crippen LogP contribution in [0.1, 0.15) is 43.1 Å². The lowest BCUT2D eigenvalue weighted by atomic mass is 9.89. The molecule has 7 heteroatoms. The van der Waals surface area contributed by atoms with E-state index in [1.54, 1.807) is 24.3 Å². The highest BCUT2D eigenvalue weighted by Crippen LogP contribution is 2.30. The Hall–Kier alpha value is -2.28. The zero-order chi connectivity index (χ0) is 19.3. The van der Waals surface area contributed by atoms with Crippen molar-refractivity contribution in [2.45, 2.75) is 42.2 Å². The Morgan fingerprint density at radius 1 is 1.19 bits per heavy atom. The summed E-state index contributed by atoms with van der Waals surface area (Å²) in [6, 6.07) is 9.49. The van der Waals surface area contributed by atoms with E-state index in [2.05, 4.69) is 5.32 Å². The molecule has 1 heterocycles. The van der Waals surface area contributed by atoms with Crippen molar-refractivity contribution in [2.24, 2.45) is 5.92 Å². The molecule has 1 aromatic heterocycles. The zero-order valence-corrected chi connectivity index (χ0v) is 16.2. The van der Waals surface area contributed by atoms with E-state index in [4.69, 9.17) is 9.15 Å². The number of carbonyl (C=O) groups excluding carboxylic acids is 1. The highest BCUT2D eigenvalue weighted by Gasteiger charge is 2.32. The Bertz CT molecular complexity index is 837. The molecule has 0 saturated heterocycles. The molecule has 1 aromatic carbocycles. The Morgan fingerprint density at radius 2 is 1.89 bits per heavy atom. The molecular weight excluding hydrogens is 366 g/mol. The van der Waals surface area contributed by atoms with Gasteiger partial charge >= 0.3 is 0 Å². The van der Waals surface area contributed by atoms with E-state index in [-0.39, 0.29) is 23.3 Å². The minimum Gasteiger partial charge on any atom is -0.497 e. The van der Waals surface area contributed by atoms with E-state index in [0.29, 0.717) is 11.5 Å². The van der Waals surface area contributed by atoms with Crippen LogP contribution in [-0.2, 0) is 14.6 Å². The van der Waals surface area contributed by atoms with Gasteiger partial charge in [-0.1, -0.05) is 19.3 Å². The second-order valence-electron chi connectivity index (χ2n) is 6.80. The van der Waals surface area contributed by atoms with Crippen molar-refractivity contribution in [2.75, 3.05) is 13.7 Å². The topological polar surface area (TPSA) is 85.6 Å². The normalized spacial score (nSPS) is 16.6. The lowest BCUT2D eigenvalue weighted by Gasteiger charge is -2.22. The van der Waals surface area contributed by atoms with Crippen molar-refractivity contribution in [3.8, 4) is 5.75 Å². The van der Waals surface area contributed by atoms with E-state index in [1.807, 2.05) is 0 Å². The standard InChI is InChI=1S/C20H25NO5S/c1-25-16-9-11-17(12-10-16)27(23,24)19(18-8-5-13-26-18)14-21-20(22)15-6-3-2-4-7-15/h5,8-13,15,19H,2-4,6-7,14H2,1H3,(H,21,22)/t19-/m1/s1. The summed E-state index contributed by atoms with van der Waals surface area (Å²) in [6.07, 6.45) is 6.41. The first kappa shape index (κ1) is 19.5. The number of amides is 1. The average molecular weight is 391 g/mol. The molecule has 1 aliphatic carbocycles. The van der Waals surface area contributed by atoms with Gasteiger partial charge in [0.2, 0.25) is 5.91 Å². The first-order valence-electron chi connectivity index (χ1n) is 9.21. The Kier molecular flexibility index (Phi) is 6.21. The Morgan fingerprint density at radius 3 is 2.48 bits per heavy atom. The number of nitrogens with one attached hydrogen (secondary N) is 1. The quantitative estimate of drug-likeness (QED) is 0.781. The van der Waals surface area contributed by atoms with Gasteiger partial charge in [0, 0.05) is 12.5 Å². The molecular formula is C20H25NO5S. The maximum absolute atomic E-state index is 13.2. The number of sulfone groups is 1. The van der Waals surface area contributed by atoms with Crippen LogP contribution < -0.4 is 10.1 Å². The number of rotatable bonds is 7. The highest BCUT2D eigenvalue weighted by molar-refractivity contribution is 7.91. The van der Waals surface area contributed by atoms with E-state index in [0.717, 1.165) is 32.1 Å². The molecule has 0 spiro atoms. The highest BCUT2D eigenvalue weighted by atomic mass is 32.2. The maximum Gasteiger partial charge on any atom is 0.223 e. The van der Waals surface area contributed by atoms with Crippen molar-refractivity contribution < 1.29 is 22.4 Å². The van der Waals surface area contributed by atoms with Crippen molar-refractivity contribution in [1.82, 2.24) is 5.32 Å².